The van der Waals surface area contributed by atoms with E-state index in [0.29, 0.717) is 0 Å². The molecule has 3 heterocycles. The summed E-state index contributed by atoms with van der Waals surface area (Å²) in [6.07, 6.45) is 3.04. The Bertz CT molecular complexity index is 555. The lowest BCUT2D eigenvalue weighted by atomic mass is 10.2. The van der Waals surface area contributed by atoms with Crippen LogP contribution in [0.25, 0.3) is 4.96 Å². The van der Waals surface area contributed by atoms with Crippen LogP contribution in [0, 0.1) is 6.92 Å². The molecule has 5 nitrogen and oxygen atoms in total. The number of aryl methyl sites for hydroxylation is 1. The van der Waals surface area contributed by atoms with Gasteiger partial charge in [-0.15, -0.1) is 11.3 Å². The zero-order valence-electron chi connectivity index (χ0n) is 10.3. The maximum Gasteiger partial charge on any atom is 0.194 e. The summed E-state index contributed by atoms with van der Waals surface area (Å²) >= 11 is 1.59. The lowest BCUT2D eigenvalue weighted by molar-refractivity contribution is -0.113. The SMILES string of the molecule is Cc1cn2c(C(C=O)N3CCNCC3)csc2n1. The van der Waals surface area contributed by atoms with Crippen LogP contribution in [0.1, 0.15) is 17.4 Å². The summed E-state index contributed by atoms with van der Waals surface area (Å²) in [6.45, 7) is 5.69. The van der Waals surface area contributed by atoms with E-state index in [1.807, 2.05) is 22.9 Å². The third kappa shape index (κ3) is 1.96. The minimum absolute atomic E-state index is 0.158. The molecule has 1 atom stereocenters. The number of nitrogens with one attached hydrogen (secondary N) is 1. The zero-order valence-corrected chi connectivity index (χ0v) is 11.1. The Labute approximate surface area is 109 Å². The molecule has 96 valence electrons. The molecule has 2 aromatic rings. The third-order valence-electron chi connectivity index (χ3n) is 3.33. The average Bonchev–Trinajstić information content (AvgIpc) is 2.92. The highest BCUT2D eigenvalue weighted by Gasteiger charge is 2.24. The summed E-state index contributed by atoms with van der Waals surface area (Å²) in [6, 6.07) is -0.158. The number of carbonyl (C=O) groups excluding carboxylic acids is 1. The van der Waals surface area contributed by atoms with E-state index in [2.05, 4.69) is 15.2 Å². The van der Waals surface area contributed by atoms with E-state index < -0.39 is 0 Å². The van der Waals surface area contributed by atoms with Gasteiger partial charge in [0.05, 0.1) is 11.4 Å². The van der Waals surface area contributed by atoms with Crippen LogP contribution >= 0.6 is 11.3 Å². The number of thiazole rings is 1. The van der Waals surface area contributed by atoms with Gasteiger partial charge in [0, 0.05) is 37.8 Å². The first-order chi connectivity index (χ1) is 8.79. The van der Waals surface area contributed by atoms with E-state index in [9.17, 15) is 4.79 Å². The maximum absolute atomic E-state index is 11.5. The van der Waals surface area contributed by atoms with Crippen LogP contribution < -0.4 is 5.32 Å². The summed E-state index contributed by atoms with van der Waals surface area (Å²) in [4.78, 5) is 19.1. The molecule has 3 rings (SSSR count). The highest BCUT2D eigenvalue weighted by molar-refractivity contribution is 7.15. The summed E-state index contributed by atoms with van der Waals surface area (Å²) in [5.74, 6) is 0. The number of aldehydes is 1. The minimum atomic E-state index is -0.158. The minimum Gasteiger partial charge on any atom is -0.314 e. The highest BCUT2D eigenvalue weighted by atomic mass is 32.1. The normalized spacial score (nSPS) is 19.2. The monoisotopic (exact) mass is 264 g/mol. The third-order valence-corrected chi connectivity index (χ3v) is 4.19. The molecule has 1 aliphatic rings. The molecule has 1 fully saturated rings. The van der Waals surface area contributed by atoms with E-state index in [1.54, 1.807) is 11.3 Å². The van der Waals surface area contributed by atoms with Crippen LogP contribution in [0.2, 0.25) is 0 Å². The van der Waals surface area contributed by atoms with Gasteiger partial charge < -0.3 is 10.1 Å². The summed E-state index contributed by atoms with van der Waals surface area (Å²) < 4.78 is 2.04. The lowest BCUT2D eigenvalue weighted by Crippen LogP contribution is -2.45. The van der Waals surface area contributed by atoms with Crippen molar-refractivity contribution in [1.82, 2.24) is 19.6 Å². The number of piperazine rings is 1. The summed E-state index contributed by atoms with van der Waals surface area (Å²) in [5, 5.41) is 5.35. The smallest absolute Gasteiger partial charge is 0.194 e. The van der Waals surface area contributed by atoms with E-state index in [-0.39, 0.29) is 6.04 Å². The molecule has 1 aliphatic heterocycles. The fourth-order valence-corrected chi connectivity index (χ4v) is 3.38. The molecule has 0 bridgehead atoms. The van der Waals surface area contributed by atoms with Crippen molar-refractivity contribution in [3.05, 3.63) is 23.0 Å². The number of rotatable bonds is 3. The molecule has 6 heteroatoms. The van der Waals surface area contributed by atoms with Crippen LogP contribution in [-0.4, -0.2) is 46.7 Å². The van der Waals surface area contributed by atoms with Gasteiger partial charge in [-0.1, -0.05) is 0 Å². The number of hydrogen-bond acceptors (Lipinski definition) is 5. The fourth-order valence-electron chi connectivity index (χ4n) is 2.43. The quantitative estimate of drug-likeness (QED) is 0.835. The molecule has 0 aliphatic carbocycles. The molecular weight excluding hydrogens is 248 g/mol. The van der Waals surface area contributed by atoms with Crippen molar-refractivity contribution in [2.75, 3.05) is 26.2 Å². The molecule has 1 unspecified atom stereocenters. The van der Waals surface area contributed by atoms with Gasteiger partial charge in [-0.25, -0.2) is 4.98 Å². The van der Waals surface area contributed by atoms with Crippen molar-refractivity contribution in [3.8, 4) is 0 Å². The molecule has 18 heavy (non-hydrogen) atoms. The molecule has 1 N–H and O–H groups in total. The Kier molecular flexibility index (Phi) is 3.15. The first kappa shape index (κ1) is 11.8. The van der Waals surface area contributed by atoms with Crippen molar-refractivity contribution in [1.29, 1.82) is 0 Å². The van der Waals surface area contributed by atoms with Crippen LogP contribution in [0.3, 0.4) is 0 Å². The number of aromatic nitrogens is 2. The molecule has 0 saturated carbocycles. The van der Waals surface area contributed by atoms with Crippen molar-refractivity contribution in [2.45, 2.75) is 13.0 Å². The number of nitrogens with zero attached hydrogens (tertiary/aromatic N) is 3. The number of carbonyl (C=O) groups is 1. The van der Waals surface area contributed by atoms with Gasteiger partial charge in [0.25, 0.3) is 0 Å². The Morgan fingerprint density at radius 1 is 1.50 bits per heavy atom. The Morgan fingerprint density at radius 3 is 3.00 bits per heavy atom. The van der Waals surface area contributed by atoms with Crippen molar-refractivity contribution >= 4 is 22.6 Å². The first-order valence-corrected chi connectivity index (χ1v) is 7.00. The van der Waals surface area contributed by atoms with E-state index >= 15 is 0 Å². The summed E-state index contributed by atoms with van der Waals surface area (Å²) in [5.41, 5.74) is 2.03. The Morgan fingerprint density at radius 2 is 2.28 bits per heavy atom. The molecule has 0 aromatic carbocycles. The molecule has 2 aromatic heterocycles. The van der Waals surface area contributed by atoms with Gasteiger partial charge in [-0.05, 0) is 6.92 Å². The van der Waals surface area contributed by atoms with Gasteiger partial charge in [0.2, 0.25) is 0 Å². The van der Waals surface area contributed by atoms with Gasteiger partial charge in [0.1, 0.15) is 12.3 Å². The van der Waals surface area contributed by atoms with Gasteiger partial charge >= 0.3 is 0 Å². The van der Waals surface area contributed by atoms with E-state index in [4.69, 9.17) is 0 Å². The Balaban J connectivity index is 1.96. The van der Waals surface area contributed by atoms with Crippen LogP contribution in [0.5, 0.6) is 0 Å². The van der Waals surface area contributed by atoms with Gasteiger partial charge in [0.15, 0.2) is 4.96 Å². The molecule has 0 spiro atoms. The molecule has 1 saturated heterocycles. The van der Waals surface area contributed by atoms with E-state index in [1.165, 1.54) is 0 Å². The van der Waals surface area contributed by atoms with Crippen LogP contribution in [0.4, 0.5) is 0 Å². The number of hydrogen-bond donors (Lipinski definition) is 1. The predicted octanol–water partition coefficient (Wildman–Crippen LogP) is 0.849. The standard InChI is InChI=1S/C12H16N4OS/c1-9-6-16-11(8-18-12(16)14-9)10(7-17)15-4-2-13-3-5-15/h6-8,10,13H,2-5H2,1H3. The fraction of sp³-hybridized carbons (Fsp3) is 0.500. The lowest BCUT2D eigenvalue weighted by Gasteiger charge is -2.31. The van der Waals surface area contributed by atoms with Crippen molar-refractivity contribution in [3.63, 3.8) is 0 Å². The van der Waals surface area contributed by atoms with Crippen molar-refractivity contribution < 1.29 is 4.79 Å². The zero-order chi connectivity index (χ0) is 12.5. The highest BCUT2D eigenvalue weighted by Crippen LogP contribution is 2.25. The van der Waals surface area contributed by atoms with E-state index in [0.717, 1.165) is 48.8 Å². The van der Waals surface area contributed by atoms with Crippen LogP contribution in [-0.2, 0) is 4.79 Å². The Hall–Kier alpha value is -1.24. The maximum atomic E-state index is 11.5. The van der Waals surface area contributed by atoms with Gasteiger partial charge in [-0.3, -0.25) is 9.30 Å². The second kappa shape index (κ2) is 4.79. The van der Waals surface area contributed by atoms with Crippen molar-refractivity contribution in [2.24, 2.45) is 0 Å². The number of imidazole rings is 1. The molecule has 0 radical (unpaired) electrons. The number of fused-ring (bicyclic) bond motifs is 1. The second-order valence-corrected chi connectivity index (χ2v) is 5.40. The average molecular weight is 264 g/mol. The summed E-state index contributed by atoms with van der Waals surface area (Å²) in [7, 11) is 0. The second-order valence-electron chi connectivity index (χ2n) is 4.56. The largest absolute Gasteiger partial charge is 0.314 e. The first-order valence-electron chi connectivity index (χ1n) is 6.13. The topological polar surface area (TPSA) is 49.6 Å². The van der Waals surface area contributed by atoms with Gasteiger partial charge in [-0.2, -0.15) is 0 Å². The predicted molar refractivity (Wildman–Crippen MR) is 71.1 cm³/mol. The molecular formula is C12H16N4OS. The molecule has 0 amide bonds. The van der Waals surface area contributed by atoms with Crippen LogP contribution in [0.15, 0.2) is 11.6 Å².